The van der Waals surface area contributed by atoms with E-state index in [4.69, 9.17) is 5.11 Å². The van der Waals surface area contributed by atoms with Crippen molar-refractivity contribution in [3.05, 3.63) is 0 Å². The summed E-state index contributed by atoms with van der Waals surface area (Å²) in [7, 11) is 1.42. The van der Waals surface area contributed by atoms with E-state index in [9.17, 15) is 14.4 Å². The van der Waals surface area contributed by atoms with Crippen LogP contribution in [0.15, 0.2) is 0 Å². The molecule has 2 N–H and O–H groups in total. The fourth-order valence-electron chi connectivity index (χ4n) is 0.883. The van der Waals surface area contributed by atoms with Gasteiger partial charge in [-0.25, -0.2) is 4.79 Å². The van der Waals surface area contributed by atoms with Crippen LogP contribution < -0.4 is 5.32 Å². The standard InChI is InChI=1S/C9H16N2O5/c1-3-16-8(14)6-11(2)9(15)10-5-4-7(12)13/h3-6H2,1-2H3,(H,10,15)(H,12,13). The van der Waals surface area contributed by atoms with Gasteiger partial charge in [-0.3, -0.25) is 9.59 Å². The van der Waals surface area contributed by atoms with Crippen molar-refractivity contribution in [2.75, 3.05) is 26.7 Å². The highest BCUT2D eigenvalue weighted by molar-refractivity contribution is 5.81. The summed E-state index contributed by atoms with van der Waals surface area (Å²) in [6, 6.07) is -0.505. The van der Waals surface area contributed by atoms with Crippen molar-refractivity contribution < 1.29 is 24.2 Å². The van der Waals surface area contributed by atoms with Gasteiger partial charge in [0.25, 0.3) is 0 Å². The van der Waals surface area contributed by atoms with Crippen LogP contribution in [0.2, 0.25) is 0 Å². The maximum atomic E-state index is 11.3. The minimum absolute atomic E-state index is 0.0291. The van der Waals surface area contributed by atoms with Gasteiger partial charge in [-0.1, -0.05) is 0 Å². The van der Waals surface area contributed by atoms with Gasteiger partial charge < -0.3 is 20.1 Å². The molecular formula is C9H16N2O5. The molecular weight excluding hydrogens is 216 g/mol. The van der Waals surface area contributed by atoms with Crippen LogP contribution in [0, 0.1) is 0 Å². The molecule has 0 aromatic heterocycles. The number of aliphatic carboxylic acids is 1. The number of rotatable bonds is 6. The predicted octanol–water partition coefficient (Wildman–Crippen LogP) is -0.334. The molecule has 7 heteroatoms. The van der Waals surface area contributed by atoms with Crippen molar-refractivity contribution in [2.24, 2.45) is 0 Å². The lowest BCUT2D eigenvalue weighted by atomic mass is 10.4. The molecule has 0 rings (SSSR count). The zero-order valence-electron chi connectivity index (χ0n) is 9.36. The second kappa shape index (κ2) is 7.49. The largest absolute Gasteiger partial charge is 0.481 e. The Morgan fingerprint density at radius 3 is 2.50 bits per heavy atom. The maximum absolute atomic E-state index is 11.3. The van der Waals surface area contributed by atoms with Gasteiger partial charge in [0.2, 0.25) is 0 Å². The van der Waals surface area contributed by atoms with E-state index in [-0.39, 0.29) is 26.1 Å². The van der Waals surface area contributed by atoms with Gasteiger partial charge >= 0.3 is 18.0 Å². The molecule has 0 aromatic carbocycles. The molecule has 0 radical (unpaired) electrons. The van der Waals surface area contributed by atoms with E-state index in [0.717, 1.165) is 4.90 Å². The summed E-state index contributed by atoms with van der Waals surface area (Å²) < 4.78 is 4.65. The summed E-state index contributed by atoms with van der Waals surface area (Å²) in [5, 5.41) is 10.7. The highest BCUT2D eigenvalue weighted by atomic mass is 16.5. The molecule has 16 heavy (non-hydrogen) atoms. The van der Waals surface area contributed by atoms with Gasteiger partial charge in [0, 0.05) is 13.6 Å². The second-order valence-corrected chi connectivity index (χ2v) is 3.04. The number of amides is 2. The molecule has 0 aliphatic heterocycles. The van der Waals surface area contributed by atoms with Crippen LogP contribution in [-0.4, -0.2) is 54.7 Å². The first-order valence-corrected chi connectivity index (χ1v) is 4.83. The molecule has 0 saturated carbocycles. The van der Waals surface area contributed by atoms with E-state index >= 15 is 0 Å². The number of hydrogen-bond acceptors (Lipinski definition) is 4. The topological polar surface area (TPSA) is 95.9 Å². The number of nitrogens with one attached hydrogen (secondary N) is 1. The summed E-state index contributed by atoms with van der Waals surface area (Å²) in [4.78, 5) is 33.6. The van der Waals surface area contributed by atoms with E-state index in [1.807, 2.05) is 0 Å². The number of esters is 1. The van der Waals surface area contributed by atoms with Gasteiger partial charge in [0.15, 0.2) is 0 Å². The summed E-state index contributed by atoms with van der Waals surface area (Å²) >= 11 is 0. The summed E-state index contributed by atoms with van der Waals surface area (Å²) in [5.74, 6) is -1.49. The normalized spacial score (nSPS) is 9.38. The average Bonchev–Trinajstić information content (AvgIpc) is 2.17. The number of likely N-dealkylation sites (N-methyl/N-ethyl adjacent to an activating group) is 1. The minimum atomic E-state index is -0.992. The Labute approximate surface area is 93.4 Å². The first-order valence-electron chi connectivity index (χ1n) is 4.83. The summed E-state index contributed by atoms with van der Waals surface area (Å²) in [6.45, 7) is 1.80. The Morgan fingerprint density at radius 1 is 1.38 bits per heavy atom. The molecule has 0 heterocycles. The van der Waals surface area contributed by atoms with Crippen molar-refractivity contribution in [2.45, 2.75) is 13.3 Å². The smallest absolute Gasteiger partial charge is 0.325 e. The third-order valence-electron chi connectivity index (χ3n) is 1.63. The zero-order chi connectivity index (χ0) is 12.6. The van der Waals surface area contributed by atoms with Gasteiger partial charge in [0.05, 0.1) is 13.0 Å². The third kappa shape index (κ3) is 6.63. The number of carboxylic acid groups (broad SMARTS) is 1. The van der Waals surface area contributed by atoms with Gasteiger partial charge in [-0.2, -0.15) is 0 Å². The first-order chi connectivity index (χ1) is 7.47. The van der Waals surface area contributed by atoms with Crippen LogP contribution in [-0.2, 0) is 14.3 Å². The number of ether oxygens (including phenoxy) is 1. The molecule has 92 valence electrons. The van der Waals surface area contributed by atoms with Crippen LogP contribution in [0.4, 0.5) is 4.79 Å². The van der Waals surface area contributed by atoms with Crippen LogP contribution in [0.5, 0.6) is 0 Å². The quantitative estimate of drug-likeness (QED) is 0.611. The van der Waals surface area contributed by atoms with Crippen LogP contribution in [0.1, 0.15) is 13.3 Å². The molecule has 7 nitrogen and oxygen atoms in total. The maximum Gasteiger partial charge on any atom is 0.325 e. The van der Waals surface area contributed by atoms with Crippen LogP contribution in [0.25, 0.3) is 0 Å². The second-order valence-electron chi connectivity index (χ2n) is 3.04. The number of nitrogens with zero attached hydrogens (tertiary/aromatic N) is 1. The summed E-state index contributed by atoms with van der Waals surface area (Å²) in [6.07, 6.45) is -0.154. The molecule has 0 spiro atoms. The average molecular weight is 232 g/mol. The van der Waals surface area contributed by atoms with Crippen molar-refractivity contribution in [3.8, 4) is 0 Å². The minimum Gasteiger partial charge on any atom is -0.481 e. The Hall–Kier alpha value is -1.79. The molecule has 0 aromatic rings. The van der Waals surface area contributed by atoms with E-state index in [2.05, 4.69) is 10.1 Å². The fourth-order valence-corrected chi connectivity index (χ4v) is 0.883. The Bertz CT molecular complexity index is 267. The Kier molecular flexibility index (Phi) is 6.66. The highest BCUT2D eigenvalue weighted by Crippen LogP contribution is 1.88. The number of carbonyl (C=O) groups is 3. The van der Waals surface area contributed by atoms with E-state index in [1.165, 1.54) is 7.05 Å². The highest BCUT2D eigenvalue weighted by Gasteiger charge is 2.12. The lowest BCUT2D eigenvalue weighted by Crippen LogP contribution is -2.41. The lowest BCUT2D eigenvalue weighted by molar-refractivity contribution is -0.143. The van der Waals surface area contributed by atoms with Crippen molar-refractivity contribution in [1.29, 1.82) is 0 Å². The van der Waals surface area contributed by atoms with Gasteiger partial charge in [-0.15, -0.1) is 0 Å². The molecule has 0 saturated heterocycles. The van der Waals surface area contributed by atoms with Gasteiger partial charge in [-0.05, 0) is 6.92 Å². The van der Waals surface area contributed by atoms with Crippen LogP contribution >= 0.6 is 0 Å². The molecule has 2 amide bonds. The van der Waals surface area contributed by atoms with E-state index < -0.39 is 18.0 Å². The number of carboxylic acids is 1. The monoisotopic (exact) mass is 232 g/mol. The summed E-state index contributed by atoms with van der Waals surface area (Å²) in [5.41, 5.74) is 0. The molecule has 0 aliphatic carbocycles. The number of urea groups is 1. The Morgan fingerprint density at radius 2 is 2.00 bits per heavy atom. The number of carbonyl (C=O) groups excluding carboxylic acids is 2. The van der Waals surface area contributed by atoms with E-state index in [1.54, 1.807) is 6.92 Å². The SMILES string of the molecule is CCOC(=O)CN(C)C(=O)NCCC(=O)O. The van der Waals surface area contributed by atoms with E-state index in [0.29, 0.717) is 0 Å². The third-order valence-corrected chi connectivity index (χ3v) is 1.63. The predicted molar refractivity (Wildman–Crippen MR) is 54.9 cm³/mol. The van der Waals surface area contributed by atoms with Crippen molar-refractivity contribution >= 4 is 18.0 Å². The molecule has 0 bridgehead atoms. The van der Waals surface area contributed by atoms with Crippen molar-refractivity contribution in [1.82, 2.24) is 10.2 Å². The zero-order valence-corrected chi connectivity index (χ0v) is 9.36. The number of hydrogen-bond donors (Lipinski definition) is 2. The van der Waals surface area contributed by atoms with Gasteiger partial charge in [0.1, 0.15) is 6.54 Å². The van der Waals surface area contributed by atoms with Crippen LogP contribution in [0.3, 0.4) is 0 Å². The Balaban J connectivity index is 3.81. The molecule has 0 fully saturated rings. The first kappa shape index (κ1) is 14.2. The van der Waals surface area contributed by atoms with Crippen molar-refractivity contribution in [3.63, 3.8) is 0 Å². The molecule has 0 aliphatic rings. The lowest BCUT2D eigenvalue weighted by Gasteiger charge is -2.16. The fraction of sp³-hybridized carbons (Fsp3) is 0.667. The molecule has 0 unspecified atom stereocenters. The molecule has 0 atom stereocenters.